The third-order valence-corrected chi connectivity index (χ3v) is 6.34. The van der Waals surface area contributed by atoms with Gasteiger partial charge in [0.2, 0.25) is 0 Å². The lowest BCUT2D eigenvalue weighted by Gasteiger charge is -2.17. The van der Waals surface area contributed by atoms with E-state index in [0.29, 0.717) is 5.56 Å². The maximum Gasteiger partial charge on any atom is 0.305 e. The number of carbonyl (C=O) groups excluding carboxylic acids is 1. The van der Waals surface area contributed by atoms with E-state index in [4.69, 9.17) is 5.11 Å². The highest BCUT2D eigenvalue weighted by atomic mass is 32.2. The van der Waals surface area contributed by atoms with Crippen molar-refractivity contribution in [3.63, 3.8) is 0 Å². The summed E-state index contributed by atoms with van der Waals surface area (Å²) in [5, 5.41) is 13.2. The molecule has 6 nitrogen and oxygen atoms in total. The van der Waals surface area contributed by atoms with E-state index in [-0.39, 0.29) is 16.2 Å². The van der Waals surface area contributed by atoms with E-state index >= 15 is 0 Å². The summed E-state index contributed by atoms with van der Waals surface area (Å²) in [6, 6.07) is 7.85. The number of carboxylic acids is 1. The van der Waals surface area contributed by atoms with Gasteiger partial charge in [-0.1, -0.05) is 12.1 Å². The molecule has 2 rings (SSSR count). The summed E-state index contributed by atoms with van der Waals surface area (Å²) in [5.41, 5.74) is 0.674. The number of hydrogen-bond donors (Lipinski definition) is 2. The van der Waals surface area contributed by atoms with Crippen LogP contribution in [0.4, 0.5) is 0 Å². The fourth-order valence-corrected chi connectivity index (χ4v) is 4.46. The number of thiophene rings is 1. The van der Waals surface area contributed by atoms with Crippen LogP contribution in [0.15, 0.2) is 45.5 Å². The van der Waals surface area contributed by atoms with Crippen molar-refractivity contribution in [1.29, 1.82) is 0 Å². The van der Waals surface area contributed by atoms with E-state index in [1.807, 2.05) is 18.4 Å². The van der Waals surface area contributed by atoms with Gasteiger partial charge in [-0.3, -0.25) is 9.59 Å². The van der Waals surface area contributed by atoms with Crippen molar-refractivity contribution in [3.05, 3.63) is 46.2 Å². The van der Waals surface area contributed by atoms with Crippen LogP contribution in [-0.2, 0) is 14.6 Å². The molecule has 0 spiro atoms. The largest absolute Gasteiger partial charge is 0.481 e. The number of amides is 1. The van der Waals surface area contributed by atoms with Gasteiger partial charge in [-0.05, 0) is 30.0 Å². The monoisotopic (exact) mass is 399 g/mol. The van der Waals surface area contributed by atoms with Crippen LogP contribution in [0.5, 0.6) is 0 Å². The van der Waals surface area contributed by atoms with Crippen LogP contribution in [0.3, 0.4) is 0 Å². The molecule has 0 fully saturated rings. The fourth-order valence-electron chi connectivity index (χ4n) is 2.12. The third kappa shape index (κ3) is 5.32. The lowest BCUT2D eigenvalue weighted by Crippen LogP contribution is -2.29. The molecule has 0 aliphatic heterocycles. The van der Waals surface area contributed by atoms with E-state index in [1.54, 1.807) is 23.9 Å². The second kappa shape index (κ2) is 8.03. The quantitative estimate of drug-likeness (QED) is 0.695. The van der Waals surface area contributed by atoms with Gasteiger partial charge in [-0.2, -0.15) is 0 Å². The Hall–Kier alpha value is -1.84. The minimum absolute atomic E-state index is 0.0711. The Labute approximate surface area is 154 Å². The highest BCUT2D eigenvalue weighted by Gasteiger charge is 2.21. The van der Waals surface area contributed by atoms with Gasteiger partial charge in [-0.15, -0.1) is 23.1 Å². The maximum atomic E-state index is 12.4. The Morgan fingerprint density at radius 2 is 1.92 bits per heavy atom. The molecule has 134 valence electrons. The Balaban J connectivity index is 2.22. The minimum atomic E-state index is -3.39. The van der Waals surface area contributed by atoms with E-state index < -0.39 is 27.8 Å². The molecule has 1 atom stereocenters. The van der Waals surface area contributed by atoms with E-state index in [1.165, 1.54) is 11.4 Å². The summed E-state index contributed by atoms with van der Waals surface area (Å²) in [6.07, 6.45) is 2.73. The Morgan fingerprint density at radius 1 is 1.28 bits per heavy atom. The number of carbonyl (C=O) groups is 2. The maximum absolute atomic E-state index is 12.4. The minimum Gasteiger partial charge on any atom is -0.481 e. The van der Waals surface area contributed by atoms with Gasteiger partial charge in [0.05, 0.1) is 22.2 Å². The summed E-state index contributed by atoms with van der Waals surface area (Å²) < 4.78 is 23.0. The smallest absolute Gasteiger partial charge is 0.305 e. The summed E-state index contributed by atoms with van der Waals surface area (Å²) in [6.45, 7) is 0. The van der Waals surface area contributed by atoms with Gasteiger partial charge in [0, 0.05) is 16.5 Å². The number of hydrogen-bond acceptors (Lipinski definition) is 6. The summed E-state index contributed by atoms with van der Waals surface area (Å²) in [7, 11) is -3.39. The number of carboxylic acid groups (broad SMARTS) is 1. The summed E-state index contributed by atoms with van der Waals surface area (Å²) >= 11 is 2.56. The first kappa shape index (κ1) is 19.5. The van der Waals surface area contributed by atoms with Crippen molar-refractivity contribution in [2.24, 2.45) is 0 Å². The zero-order valence-electron chi connectivity index (χ0n) is 13.6. The van der Waals surface area contributed by atoms with Crippen molar-refractivity contribution in [2.75, 3.05) is 12.5 Å². The van der Waals surface area contributed by atoms with Crippen molar-refractivity contribution in [1.82, 2.24) is 5.32 Å². The number of aliphatic carboxylic acids is 1. The number of benzene rings is 1. The Bertz CT molecular complexity index is 871. The molecule has 1 heterocycles. The number of thioether (sulfide) groups is 1. The normalized spacial score (nSPS) is 12.6. The molecular formula is C16H17NO5S3. The van der Waals surface area contributed by atoms with Gasteiger partial charge in [0.25, 0.3) is 5.91 Å². The lowest BCUT2D eigenvalue weighted by molar-refractivity contribution is -0.137. The molecule has 2 aromatic rings. The molecule has 2 N–H and O–H groups in total. The Kier molecular flexibility index (Phi) is 6.26. The molecule has 1 amide bonds. The van der Waals surface area contributed by atoms with Gasteiger partial charge >= 0.3 is 5.97 Å². The summed E-state index contributed by atoms with van der Waals surface area (Å²) in [5.74, 6) is -1.54. The zero-order valence-corrected chi connectivity index (χ0v) is 16.0. The van der Waals surface area contributed by atoms with Gasteiger partial charge < -0.3 is 10.4 Å². The first-order valence-electron chi connectivity index (χ1n) is 7.16. The van der Waals surface area contributed by atoms with E-state index in [2.05, 4.69) is 5.32 Å². The molecule has 0 saturated heterocycles. The second-order valence-electron chi connectivity index (χ2n) is 5.32. The molecule has 0 aliphatic carbocycles. The van der Waals surface area contributed by atoms with E-state index in [0.717, 1.165) is 22.5 Å². The molecule has 0 saturated carbocycles. The average Bonchev–Trinajstić information content (AvgIpc) is 3.04. The predicted octanol–water partition coefficient (Wildman–Crippen LogP) is 2.82. The molecule has 1 aromatic heterocycles. The SMILES string of the molecule is CSc1ccc(C(CC(=O)O)NC(=O)c2cc(S(C)(=O)=O)cs2)cc1. The molecule has 0 radical (unpaired) electrons. The van der Waals surface area contributed by atoms with Gasteiger partial charge in [-0.25, -0.2) is 8.42 Å². The molecule has 1 aromatic carbocycles. The third-order valence-electron chi connectivity index (χ3n) is 3.43. The molecule has 0 aliphatic rings. The fraction of sp³-hybridized carbons (Fsp3) is 0.250. The van der Waals surface area contributed by atoms with Crippen molar-refractivity contribution < 1.29 is 23.1 Å². The van der Waals surface area contributed by atoms with Crippen LogP contribution in [0.25, 0.3) is 0 Å². The first-order chi connectivity index (χ1) is 11.7. The highest BCUT2D eigenvalue weighted by Crippen LogP contribution is 2.24. The van der Waals surface area contributed by atoms with Crippen LogP contribution in [-0.4, -0.2) is 37.9 Å². The van der Waals surface area contributed by atoms with Crippen LogP contribution >= 0.6 is 23.1 Å². The lowest BCUT2D eigenvalue weighted by atomic mass is 10.0. The number of nitrogens with one attached hydrogen (secondary N) is 1. The van der Waals surface area contributed by atoms with E-state index in [9.17, 15) is 18.0 Å². The number of sulfone groups is 1. The van der Waals surface area contributed by atoms with Crippen LogP contribution < -0.4 is 5.32 Å². The average molecular weight is 400 g/mol. The molecule has 1 unspecified atom stereocenters. The predicted molar refractivity (Wildman–Crippen MR) is 98.1 cm³/mol. The van der Waals surface area contributed by atoms with Crippen LogP contribution in [0.1, 0.15) is 27.7 Å². The molecule has 0 bridgehead atoms. The zero-order chi connectivity index (χ0) is 18.6. The second-order valence-corrected chi connectivity index (χ2v) is 9.12. The van der Waals surface area contributed by atoms with Crippen LogP contribution in [0, 0.1) is 0 Å². The van der Waals surface area contributed by atoms with Crippen molar-refractivity contribution in [3.8, 4) is 0 Å². The topological polar surface area (TPSA) is 101 Å². The van der Waals surface area contributed by atoms with Crippen LogP contribution in [0.2, 0.25) is 0 Å². The van der Waals surface area contributed by atoms with Crippen molar-refractivity contribution in [2.45, 2.75) is 22.3 Å². The van der Waals surface area contributed by atoms with Gasteiger partial charge in [0.15, 0.2) is 9.84 Å². The molecular weight excluding hydrogens is 382 g/mol. The molecule has 9 heteroatoms. The summed E-state index contributed by atoms with van der Waals surface area (Å²) in [4.78, 5) is 24.8. The molecule has 25 heavy (non-hydrogen) atoms. The number of rotatable bonds is 7. The first-order valence-corrected chi connectivity index (χ1v) is 11.2. The van der Waals surface area contributed by atoms with Gasteiger partial charge in [0.1, 0.15) is 0 Å². The Morgan fingerprint density at radius 3 is 2.40 bits per heavy atom. The van der Waals surface area contributed by atoms with Crippen molar-refractivity contribution >= 4 is 44.8 Å². The highest BCUT2D eigenvalue weighted by molar-refractivity contribution is 7.98. The standard InChI is InChI=1S/C16H17NO5S3/c1-23-11-5-3-10(4-6-11)13(8-15(18)19)17-16(20)14-7-12(9-24-14)25(2,21)22/h3-7,9,13H,8H2,1-2H3,(H,17,20)(H,18,19).